The highest BCUT2D eigenvalue weighted by molar-refractivity contribution is 7.89. The molecule has 2 aromatic rings. The third kappa shape index (κ3) is 4.59. The fourth-order valence-corrected chi connectivity index (χ4v) is 6.29. The minimum Gasteiger partial charge on any atom is -0.495 e. The van der Waals surface area contributed by atoms with Crippen LogP contribution in [-0.2, 0) is 22.9 Å². The van der Waals surface area contributed by atoms with Crippen LogP contribution in [0.25, 0.3) is 0 Å². The van der Waals surface area contributed by atoms with Crippen LogP contribution in [0, 0.1) is 13.8 Å². The van der Waals surface area contributed by atoms with Gasteiger partial charge in [0.15, 0.2) is 0 Å². The lowest BCUT2D eigenvalue weighted by atomic mass is 9.84. The van der Waals surface area contributed by atoms with Crippen LogP contribution in [0.2, 0.25) is 0 Å². The third-order valence-electron chi connectivity index (χ3n) is 6.61. The van der Waals surface area contributed by atoms with E-state index >= 15 is 0 Å². The van der Waals surface area contributed by atoms with Gasteiger partial charge in [-0.1, -0.05) is 12.1 Å². The van der Waals surface area contributed by atoms with Gasteiger partial charge in [0.2, 0.25) is 10.0 Å². The molecule has 6 nitrogen and oxygen atoms in total. The zero-order chi connectivity index (χ0) is 22.2. The Morgan fingerprint density at radius 3 is 2.48 bits per heavy atom. The first kappa shape index (κ1) is 22.1. The minimum atomic E-state index is -3.68. The summed E-state index contributed by atoms with van der Waals surface area (Å²) in [7, 11) is -0.0134. The first-order valence-electron chi connectivity index (χ1n) is 11.0. The first-order valence-corrected chi connectivity index (χ1v) is 12.5. The predicted molar refractivity (Wildman–Crippen MR) is 125 cm³/mol. The number of hydrogen-bond acceptors (Lipinski definition) is 5. The molecule has 0 amide bonds. The molecule has 0 unspecified atom stereocenters. The summed E-state index contributed by atoms with van der Waals surface area (Å²) >= 11 is 0. The van der Waals surface area contributed by atoms with Gasteiger partial charge in [-0.2, -0.15) is 0 Å². The Balaban J connectivity index is 1.60. The maximum atomic E-state index is 13.2. The summed E-state index contributed by atoms with van der Waals surface area (Å²) in [6, 6.07) is 9.57. The molecule has 1 atom stereocenters. The SMILES string of the molecule is COc1ccc(C)cc1S(=O)(=O)N[C@@H]1CCc2c(C)ccc(N3CCN(C)CC3)c2C1. The van der Waals surface area contributed by atoms with Crippen molar-refractivity contribution < 1.29 is 13.2 Å². The Hall–Kier alpha value is -2.09. The second-order valence-corrected chi connectivity index (χ2v) is 10.5. The molecule has 1 N–H and O–H groups in total. The van der Waals surface area contributed by atoms with Gasteiger partial charge in [0.1, 0.15) is 10.6 Å². The van der Waals surface area contributed by atoms with E-state index in [0.29, 0.717) is 12.2 Å². The molecular weight excluding hydrogens is 410 g/mol. The molecule has 4 rings (SSSR count). The van der Waals surface area contributed by atoms with Crippen LogP contribution < -0.4 is 14.4 Å². The average Bonchev–Trinajstić information content (AvgIpc) is 2.74. The van der Waals surface area contributed by atoms with Crippen LogP contribution in [0.3, 0.4) is 0 Å². The molecule has 2 aliphatic rings. The highest BCUT2D eigenvalue weighted by atomic mass is 32.2. The normalized spacial score (nSPS) is 19.9. The molecular formula is C24H33N3O3S. The summed E-state index contributed by atoms with van der Waals surface area (Å²) in [6.07, 6.45) is 2.40. The van der Waals surface area contributed by atoms with Crippen LogP contribution in [0.1, 0.15) is 28.7 Å². The number of rotatable bonds is 5. The van der Waals surface area contributed by atoms with Crippen LogP contribution in [-0.4, -0.2) is 59.7 Å². The van der Waals surface area contributed by atoms with Crippen molar-refractivity contribution in [1.29, 1.82) is 0 Å². The fraction of sp³-hybridized carbons (Fsp3) is 0.500. The van der Waals surface area contributed by atoms with Gasteiger partial charge in [-0.3, -0.25) is 0 Å². The molecule has 168 valence electrons. The van der Waals surface area contributed by atoms with Crippen molar-refractivity contribution in [2.75, 3.05) is 45.2 Å². The Morgan fingerprint density at radius 2 is 1.77 bits per heavy atom. The van der Waals surface area contributed by atoms with Gasteiger partial charge in [-0.25, -0.2) is 13.1 Å². The van der Waals surface area contributed by atoms with E-state index in [1.165, 1.54) is 29.5 Å². The van der Waals surface area contributed by atoms with Gasteiger partial charge in [0.05, 0.1) is 7.11 Å². The number of methoxy groups -OCH3 is 1. The first-order chi connectivity index (χ1) is 14.8. The quantitative estimate of drug-likeness (QED) is 0.770. The summed E-state index contributed by atoms with van der Waals surface area (Å²) in [5.41, 5.74) is 6.16. The molecule has 0 saturated carbocycles. The molecule has 0 radical (unpaired) electrons. The standard InChI is InChI=1S/C24H33N3O3S/c1-17-5-10-23(30-4)24(15-17)31(28,29)25-19-7-8-20-18(2)6-9-22(21(20)16-19)27-13-11-26(3)12-14-27/h5-6,9-10,15,19,25H,7-8,11-14,16H2,1-4H3/t19-/m1/s1. The lowest BCUT2D eigenvalue weighted by Crippen LogP contribution is -2.45. The summed E-state index contributed by atoms with van der Waals surface area (Å²) in [6.45, 7) is 8.15. The number of nitrogens with one attached hydrogen (secondary N) is 1. The van der Waals surface area contributed by atoms with E-state index < -0.39 is 10.0 Å². The molecule has 0 aromatic heterocycles. The zero-order valence-electron chi connectivity index (χ0n) is 18.9. The van der Waals surface area contributed by atoms with Crippen LogP contribution >= 0.6 is 0 Å². The van der Waals surface area contributed by atoms with E-state index in [9.17, 15) is 8.42 Å². The van der Waals surface area contributed by atoms with Crippen molar-refractivity contribution in [3.05, 3.63) is 52.6 Å². The molecule has 1 aliphatic heterocycles. The Labute approximate surface area is 186 Å². The van der Waals surface area contributed by atoms with Crippen LogP contribution in [0.15, 0.2) is 35.2 Å². The Kier molecular flexibility index (Phi) is 6.28. The van der Waals surface area contributed by atoms with Crippen molar-refractivity contribution in [3.63, 3.8) is 0 Å². The maximum absolute atomic E-state index is 13.2. The second kappa shape index (κ2) is 8.81. The van der Waals surface area contributed by atoms with Gasteiger partial charge in [0.25, 0.3) is 0 Å². The highest BCUT2D eigenvalue weighted by Crippen LogP contribution is 2.34. The molecule has 7 heteroatoms. The lowest BCUT2D eigenvalue weighted by Gasteiger charge is -2.37. The molecule has 0 bridgehead atoms. The van der Waals surface area contributed by atoms with E-state index in [1.807, 2.05) is 13.0 Å². The van der Waals surface area contributed by atoms with Gasteiger partial charge in [0, 0.05) is 37.9 Å². The van der Waals surface area contributed by atoms with E-state index in [1.54, 1.807) is 12.1 Å². The van der Waals surface area contributed by atoms with E-state index in [4.69, 9.17) is 4.74 Å². The second-order valence-electron chi connectivity index (χ2n) is 8.86. The van der Waals surface area contributed by atoms with Gasteiger partial charge >= 0.3 is 0 Å². The van der Waals surface area contributed by atoms with Crippen molar-refractivity contribution in [3.8, 4) is 5.75 Å². The Morgan fingerprint density at radius 1 is 1.03 bits per heavy atom. The number of benzene rings is 2. The predicted octanol–water partition coefficient (Wildman–Crippen LogP) is 2.90. The van der Waals surface area contributed by atoms with Crippen molar-refractivity contribution in [2.45, 2.75) is 44.0 Å². The maximum Gasteiger partial charge on any atom is 0.244 e. The van der Waals surface area contributed by atoms with Gasteiger partial charge in [-0.15, -0.1) is 0 Å². The van der Waals surface area contributed by atoms with Gasteiger partial charge < -0.3 is 14.5 Å². The van der Waals surface area contributed by atoms with Crippen molar-refractivity contribution in [2.24, 2.45) is 0 Å². The molecule has 1 saturated heterocycles. The van der Waals surface area contributed by atoms with Crippen LogP contribution in [0.5, 0.6) is 5.75 Å². The highest BCUT2D eigenvalue weighted by Gasteiger charge is 2.30. The number of sulfonamides is 1. The number of hydrogen-bond donors (Lipinski definition) is 1. The zero-order valence-corrected chi connectivity index (χ0v) is 19.8. The number of likely N-dealkylation sites (N-methyl/N-ethyl adjacent to an activating group) is 1. The molecule has 0 spiro atoms. The largest absolute Gasteiger partial charge is 0.495 e. The number of fused-ring (bicyclic) bond motifs is 1. The minimum absolute atomic E-state index is 0.129. The summed E-state index contributed by atoms with van der Waals surface area (Å²) in [4.78, 5) is 5.02. The lowest BCUT2D eigenvalue weighted by molar-refractivity contribution is 0.312. The van der Waals surface area contributed by atoms with Crippen molar-refractivity contribution in [1.82, 2.24) is 9.62 Å². The molecule has 1 aliphatic carbocycles. The van der Waals surface area contributed by atoms with E-state index in [0.717, 1.165) is 44.6 Å². The topological polar surface area (TPSA) is 61.9 Å². The fourth-order valence-electron chi connectivity index (χ4n) is 4.76. The van der Waals surface area contributed by atoms with Gasteiger partial charge in [-0.05, 0) is 80.6 Å². The Bertz CT molecular complexity index is 1060. The molecule has 1 fully saturated rings. The average molecular weight is 444 g/mol. The molecule has 2 aromatic carbocycles. The smallest absolute Gasteiger partial charge is 0.244 e. The van der Waals surface area contributed by atoms with Crippen LogP contribution in [0.4, 0.5) is 5.69 Å². The number of nitrogens with zero attached hydrogens (tertiary/aromatic N) is 2. The summed E-state index contributed by atoms with van der Waals surface area (Å²) in [5, 5.41) is 0. The number of ether oxygens (including phenoxy) is 1. The molecule has 31 heavy (non-hydrogen) atoms. The van der Waals surface area contributed by atoms with E-state index in [2.05, 4.69) is 40.6 Å². The number of anilines is 1. The van der Waals surface area contributed by atoms with E-state index in [-0.39, 0.29) is 10.9 Å². The number of piperazine rings is 1. The summed E-state index contributed by atoms with van der Waals surface area (Å²) in [5.74, 6) is 0.378. The monoisotopic (exact) mass is 443 g/mol. The summed E-state index contributed by atoms with van der Waals surface area (Å²) < 4.78 is 34.8. The number of aryl methyl sites for hydroxylation is 2. The molecule has 1 heterocycles. The van der Waals surface area contributed by atoms with Crippen molar-refractivity contribution >= 4 is 15.7 Å². The third-order valence-corrected chi connectivity index (χ3v) is 8.15.